The quantitative estimate of drug-likeness (QED) is 0.0800. The van der Waals surface area contributed by atoms with Gasteiger partial charge in [-0.25, -0.2) is 0 Å². The van der Waals surface area contributed by atoms with Crippen molar-refractivity contribution >= 4 is 89.6 Å². The minimum atomic E-state index is -2.48. The first-order chi connectivity index (χ1) is 25.8. The molecule has 1 unspecified atom stereocenters. The van der Waals surface area contributed by atoms with E-state index in [4.69, 9.17) is 21.8 Å². The molecule has 0 spiro atoms. The summed E-state index contributed by atoms with van der Waals surface area (Å²) in [7, 11) is 9.67. The maximum absolute atomic E-state index is 6.12. The number of hydrogen-bond donors (Lipinski definition) is 0. The van der Waals surface area contributed by atoms with Crippen molar-refractivity contribution < 1.29 is 25.6 Å². The number of aryl methyl sites for hydroxylation is 2. The summed E-state index contributed by atoms with van der Waals surface area (Å²) in [5, 5.41) is 14.8. The molecule has 0 aliphatic heterocycles. The predicted octanol–water partition coefficient (Wildman–Crippen LogP) is 14.7. The minimum absolute atomic E-state index is 0. The van der Waals surface area contributed by atoms with Crippen molar-refractivity contribution in [2.24, 2.45) is 7.05 Å². The fourth-order valence-electron chi connectivity index (χ4n) is 9.07. The SMILES string of the molecule is C.Cc1ccc2c(c1)c1c(c3ccccc3[c-]1[Si](C)(CCCCCCOC(C)(C)C)[c-]1c3cc(C(C)(C)C)ccc3c3ccc(C(C)(C)C)cc31)n2C.[Cl][Zr+2][Cl]. The zero-order chi connectivity index (χ0) is 40.1. The Labute approximate surface area is 357 Å². The van der Waals surface area contributed by atoms with Gasteiger partial charge in [0.25, 0.3) is 0 Å². The van der Waals surface area contributed by atoms with Crippen LogP contribution in [0.25, 0.3) is 54.1 Å². The summed E-state index contributed by atoms with van der Waals surface area (Å²) in [6.07, 6.45) is 4.77. The third-order valence-electron chi connectivity index (χ3n) is 11.9. The normalized spacial score (nSPS) is 13.6. The molecule has 6 aromatic carbocycles. The van der Waals surface area contributed by atoms with Gasteiger partial charge in [-0.1, -0.05) is 168 Å². The molecule has 2 nitrogen and oxygen atoms in total. The molecule has 0 amide bonds. The van der Waals surface area contributed by atoms with Gasteiger partial charge in [0, 0.05) is 27.2 Å². The molecule has 7 rings (SSSR count). The number of rotatable bonds is 9. The van der Waals surface area contributed by atoms with Crippen molar-refractivity contribution in [3.63, 3.8) is 0 Å². The molecule has 56 heavy (non-hydrogen) atoms. The Hall–Kier alpha value is -2.20. The second kappa shape index (κ2) is 17.2. The standard InChI is InChI=1S/C49H61NOSi.CH4.2ClH.Zr/c1-32-21-26-42-41(29-32)43-44(50(42)11)37-19-15-16-20-38(37)46(43)52(12,28-18-14-13-17-27-51-49(8,9)10)45-39-30-33(47(2,3)4)22-24-35(39)36-25-23-34(31-40(36)45)48(5,6)7;;;;/h15-16,19-26,29-31H,13-14,17-18,27-28H2,1-12H3;1H4;2*1H;/q-2;;;;+4/p-2. The van der Waals surface area contributed by atoms with Crippen molar-refractivity contribution in [2.75, 3.05) is 6.61 Å². The summed E-state index contributed by atoms with van der Waals surface area (Å²) in [6, 6.07) is 32.5. The van der Waals surface area contributed by atoms with E-state index in [0.29, 0.717) is 0 Å². The number of hydrogen-bond acceptors (Lipinski definition) is 1. The Morgan fingerprint density at radius 1 is 0.661 bits per heavy atom. The molecule has 0 N–H and O–H groups in total. The molecule has 298 valence electrons. The Morgan fingerprint density at radius 2 is 1.21 bits per heavy atom. The van der Waals surface area contributed by atoms with Gasteiger partial charge in [-0.05, 0) is 56.5 Å². The van der Waals surface area contributed by atoms with E-state index in [9.17, 15) is 0 Å². The van der Waals surface area contributed by atoms with Crippen LogP contribution in [0, 0.1) is 6.92 Å². The van der Waals surface area contributed by atoms with Crippen LogP contribution in [0.15, 0.2) is 78.9 Å². The molecular formula is C50H65Cl2NOSiZr. The van der Waals surface area contributed by atoms with E-state index in [1.54, 1.807) is 10.4 Å². The van der Waals surface area contributed by atoms with Crippen LogP contribution >= 0.6 is 17.0 Å². The van der Waals surface area contributed by atoms with E-state index in [-0.39, 0.29) is 23.9 Å². The van der Waals surface area contributed by atoms with Crippen molar-refractivity contribution in [3.8, 4) is 0 Å². The van der Waals surface area contributed by atoms with Crippen molar-refractivity contribution in [1.82, 2.24) is 4.57 Å². The number of nitrogens with zero attached hydrogens (tertiary/aromatic N) is 1. The summed E-state index contributed by atoms with van der Waals surface area (Å²) in [5.74, 6) is 0. The maximum atomic E-state index is 6.12. The number of halogens is 2. The Kier molecular flexibility index (Phi) is 13.8. The Morgan fingerprint density at radius 3 is 1.77 bits per heavy atom. The van der Waals surface area contributed by atoms with Crippen molar-refractivity contribution in [3.05, 3.63) is 95.6 Å². The second-order valence-corrected chi connectivity index (χ2v) is 27.0. The molecule has 1 heterocycles. The second-order valence-electron chi connectivity index (χ2n) is 19.1. The van der Waals surface area contributed by atoms with Crippen molar-refractivity contribution in [1.29, 1.82) is 0 Å². The van der Waals surface area contributed by atoms with E-state index in [1.807, 2.05) is 0 Å². The third kappa shape index (κ3) is 8.72. The first kappa shape index (κ1) is 44.9. The van der Waals surface area contributed by atoms with E-state index in [2.05, 4.69) is 166 Å². The average molecular weight is 886 g/mol. The Balaban J connectivity index is 0.00000145. The first-order valence-electron chi connectivity index (χ1n) is 20.2. The van der Waals surface area contributed by atoms with Crippen LogP contribution in [0.5, 0.6) is 0 Å². The van der Waals surface area contributed by atoms with Crippen LogP contribution in [0.3, 0.4) is 0 Å². The van der Waals surface area contributed by atoms with Gasteiger partial charge in [-0.15, -0.1) is 55.5 Å². The van der Waals surface area contributed by atoms with Gasteiger partial charge < -0.3 is 9.30 Å². The topological polar surface area (TPSA) is 14.2 Å². The summed E-state index contributed by atoms with van der Waals surface area (Å²) >= 11 is -0.826. The molecule has 1 aromatic heterocycles. The van der Waals surface area contributed by atoms with Gasteiger partial charge in [0.05, 0.1) is 5.60 Å². The van der Waals surface area contributed by atoms with Crippen LogP contribution < -0.4 is 10.4 Å². The number of fused-ring (bicyclic) bond motifs is 8. The molecule has 0 radical (unpaired) electrons. The molecule has 7 aromatic rings. The van der Waals surface area contributed by atoms with Gasteiger partial charge in [0.15, 0.2) is 0 Å². The number of ether oxygens (including phenoxy) is 1. The summed E-state index contributed by atoms with van der Waals surface area (Å²) < 4.78 is 8.61. The van der Waals surface area contributed by atoms with Gasteiger partial charge in [-0.3, -0.25) is 0 Å². The van der Waals surface area contributed by atoms with Crippen molar-refractivity contribution in [2.45, 2.75) is 131 Å². The number of benzene rings is 4. The van der Waals surface area contributed by atoms with E-state index in [1.165, 1.54) is 96.1 Å². The summed E-state index contributed by atoms with van der Waals surface area (Å²) in [5.41, 5.74) is 6.94. The van der Waals surface area contributed by atoms with Crippen LogP contribution in [0.4, 0.5) is 0 Å². The van der Waals surface area contributed by atoms with Gasteiger partial charge in [0.2, 0.25) is 0 Å². The molecular weight excluding hydrogens is 821 g/mol. The van der Waals surface area contributed by atoms with Crippen LogP contribution in [0.1, 0.15) is 112 Å². The summed E-state index contributed by atoms with van der Waals surface area (Å²) in [4.78, 5) is 0. The van der Waals surface area contributed by atoms with Gasteiger partial charge in [0.1, 0.15) is 0 Å². The van der Waals surface area contributed by atoms with E-state index in [0.717, 1.165) is 13.0 Å². The molecule has 0 saturated heterocycles. The van der Waals surface area contributed by atoms with Crippen LogP contribution in [-0.4, -0.2) is 24.8 Å². The zero-order valence-corrected chi connectivity index (χ0v) is 40.3. The number of unbranched alkanes of at least 4 members (excludes halogenated alkanes) is 3. The molecule has 0 fully saturated rings. The fraction of sp³-hybridized carbons (Fsp3) is 0.440. The molecule has 6 heteroatoms. The Bertz CT molecular complexity index is 2390. The van der Waals surface area contributed by atoms with E-state index >= 15 is 0 Å². The fourth-order valence-corrected chi connectivity index (χ4v) is 14.0. The zero-order valence-electron chi connectivity index (χ0n) is 35.4. The van der Waals surface area contributed by atoms with Gasteiger partial charge >= 0.3 is 37.9 Å². The first-order valence-corrected chi connectivity index (χ1v) is 29.2. The number of aromatic nitrogens is 1. The average Bonchev–Trinajstić information content (AvgIpc) is 3.72. The molecule has 1 atom stereocenters. The molecule has 0 aliphatic rings. The predicted molar refractivity (Wildman–Crippen MR) is 251 cm³/mol. The van der Waals surface area contributed by atoms with E-state index < -0.39 is 28.9 Å². The monoisotopic (exact) mass is 883 g/mol. The van der Waals surface area contributed by atoms with Crippen LogP contribution in [-0.2, 0) is 43.5 Å². The molecule has 0 bridgehead atoms. The van der Waals surface area contributed by atoms with Crippen LogP contribution in [0.2, 0.25) is 12.6 Å². The molecule has 0 saturated carbocycles. The molecule has 0 aliphatic carbocycles. The summed E-state index contributed by atoms with van der Waals surface area (Å²) in [6.45, 7) is 26.5. The van der Waals surface area contributed by atoms with Gasteiger partial charge in [-0.2, -0.15) is 0 Å². The third-order valence-corrected chi connectivity index (χ3v) is 16.5.